The molecule has 34 heavy (non-hydrogen) atoms. The Bertz CT molecular complexity index is 1130. The Labute approximate surface area is 200 Å². The van der Waals surface area contributed by atoms with Gasteiger partial charge in [-0.3, -0.25) is 9.69 Å². The maximum absolute atomic E-state index is 12.5. The standard InChI is InChI=1S/C26H33N5O3/c1-20(2)31-26(33)30(19-27-31)23-11-9-22(10-12-23)29-17-15-28(16-18-29)14-13-24(25(32)34-3)21-7-5-4-6-8-21/h4-12,19-20,24H,13-18H2,1-3H3. The van der Waals surface area contributed by atoms with Gasteiger partial charge < -0.3 is 9.64 Å². The molecule has 0 spiro atoms. The first-order chi connectivity index (χ1) is 16.5. The summed E-state index contributed by atoms with van der Waals surface area (Å²) in [4.78, 5) is 29.6. The van der Waals surface area contributed by atoms with E-state index in [4.69, 9.17) is 4.74 Å². The molecular formula is C26H33N5O3. The molecule has 0 radical (unpaired) electrons. The molecule has 1 aromatic heterocycles. The number of esters is 1. The van der Waals surface area contributed by atoms with Crippen molar-refractivity contribution in [1.82, 2.24) is 19.2 Å². The minimum atomic E-state index is -0.236. The normalized spacial score (nSPS) is 15.5. The number of nitrogens with zero attached hydrogens (tertiary/aromatic N) is 5. The van der Waals surface area contributed by atoms with E-state index in [2.05, 4.69) is 27.0 Å². The smallest absolute Gasteiger partial charge is 0.350 e. The summed E-state index contributed by atoms with van der Waals surface area (Å²) in [5.41, 5.74) is 2.83. The summed E-state index contributed by atoms with van der Waals surface area (Å²) in [6.07, 6.45) is 2.32. The van der Waals surface area contributed by atoms with E-state index in [-0.39, 0.29) is 23.6 Å². The van der Waals surface area contributed by atoms with Crippen LogP contribution in [0.1, 0.15) is 37.8 Å². The third-order valence-electron chi connectivity index (χ3n) is 6.47. The average molecular weight is 464 g/mol. The third-order valence-corrected chi connectivity index (χ3v) is 6.47. The van der Waals surface area contributed by atoms with Gasteiger partial charge in [-0.15, -0.1) is 0 Å². The number of ether oxygens (including phenoxy) is 1. The van der Waals surface area contributed by atoms with Crippen molar-refractivity contribution in [2.45, 2.75) is 32.2 Å². The predicted molar refractivity (Wildman–Crippen MR) is 133 cm³/mol. The summed E-state index contributed by atoms with van der Waals surface area (Å²) in [5, 5.41) is 4.20. The van der Waals surface area contributed by atoms with Crippen molar-refractivity contribution in [3.05, 3.63) is 77.0 Å². The van der Waals surface area contributed by atoms with Crippen LogP contribution >= 0.6 is 0 Å². The Morgan fingerprint density at radius 1 is 0.971 bits per heavy atom. The quantitative estimate of drug-likeness (QED) is 0.478. The second kappa shape index (κ2) is 10.7. The number of rotatable bonds is 8. The highest BCUT2D eigenvalue weighted by atomic mass is 16.5. The molecule has 180 valence electrons. The second-order valence-electron chi connectivity index (χ2n) is 8.94. The molecule has 1 unspecified atom stereocenters. The van der Waals surface area contributed by atoms with Crippen LogP contribution in [0.25, 0.3) is 5.69 Å². The van der Waals surface area contributed by atoms with Crippen molar-refractivity contribution in [3.63, 3.8) is 0 Å². The molecule has 1 atom stereocenters. The van der Waals surface area contributed by atoms with Crippen LogP contribution < -0.4 is 10.6 Å². The fraction of sp³-hybridized carbons (Fsp3) is 0.423. The molecule has 2 aromatic carbocycles. The van der Waals surface area contributed by atoms with Crippen molar-refractivity contribution in [2.75, 3.05) is 44.7 Å². The maximum Gasteiger partial charge on any atom is 0.350 e. The first kappa shape index (κ1) is 23.8. The summed E-state index contributed by atoms with van der Waals surface area (Å²) < 4.78 is 8.11. The van der Waals surface area contributed by atoms with Crippen LogP contribution in [0.2, 0.25) is 0 Å². The number of methoxy groups -OCH3 is 1. The van der Waals surface area contributed by atoms with Gasteiger partial charge in [0.25, 0.3) is 0 Å². The summed E-state index contributed by atoms with van der Waals surface area (Å²) >= 11 is 0. The number of anilines is 1. The molecular weight excluding hydrogens is 430 g/mol. The highest BCUT2D eigenvalue weighted by molar-refractivity contribution is 5.78. The van der Waals surface area contributed by atoms with E-state index < -0.39 is 0 Å². The highest BCUT2D eigenvalue weighted by Gasteiger charge is 2.24. The first-order valence-corrected chi connectivity index (χ1v) is 11.8. The molecule has 0 saturated carbocycles. The van der Waals surface area contributed by atoms with Crippen LogP contribution in [-0.4, -0.2) is 65.1 Å². The number of aromatic nitrogens is 3. The topological polar surface area (TPSA) is 72.6 Å². The van der Waals surface area contributed by atoms with Gasteiger partial charge >= 0.3 is 11.7 Å². The zero-order valence-corrected chi connectivity index (χ0v) is 20.1. The van der Waals surface area contributed by atoms with Gasteiger partial charge in [0.15, 0.2) is 0 Å². The van der Waals surface area contributed by atoms with Gasteiger partial charge in [-0.2, -0.15) is 5.10 Å². The SMILES string of the molecule is COC(=O)C(CCN1CCN(c2ccc(-n3cnn(C(C)C)c3=O)cc2)CC1)c1ccccc1. The van der Waals surface area contributed by atoms with E-state index in [1.54, 1.807) is 10.9 Å². The Balaban J connectivity index is 1.33. The van der Waals surface area contributed by atoms with E-state index in [1.807, 2.05) is 56.3 Å². The number of piperazine rings is 1. The lowest BCUT2D eigenvalue weighted by Gasteiger charge is -2.36. The van der Waals surface area contributed by atoms with E-state index in [1.165, 1.54) is 11.8 Å². The zero-order valence-electron chi connectivity index (χ0n) is 20.1. The lowest BCUT2D eigenvalue weighted by molar-refractivity contribution is -0.142. The van der Waals surface area contributed by atoms with E-state index in [9.17, 15) is 9.59 Å². The molecule has 8 nitrogen and oxygen atoms in total. The Kier molecular flexibility index (Phi) is 7.47. The van der Waals surface area contributed by atoms with Crippen LogP contribution in [0.5, 0.6) is 0 Å². The fourth-order valence-corrected chi connectivity index (χ4v) is 4.46. The average Bonchev–Trinajstić information content (AvgIpc) is 3.26. The summed E-state index contributed by atoms with van der Waals surface area (Å²) in [5.74, 6) is -0.414. The van der Waals surface area contributed by atoms with Crippen molar-refractivity contribution in [3.8, 4) is 5.69 Å². The zero-order chi connectivity index (χ0) is 24.1. The van der Waals surface area contributed by atoms with Crippen LogP contribution in [0, 0.1) is 0 Å². The number of hydrogen-bond donors (Lipinski definition) is 0. The highest BCUT2D eigenvalue weighted by Crippen LogP contribution is 2.23. The Morgan fingerprint density at radius 3 is 2.21 bits per heavy atom. The number of benzene rings is 2. The van der Waals surface area contributed by atoms with Gasteiger partial charge in [-0.25, -0.2) is 14.0 Å². The second-order valence-corrected chi connectivity index (χ2v) is 8.94. The minimum absolute atomic E-state index is 0.0277. The van der Waals surface area contributed by atoms with E-state index in [0.717, 1.165) is 56.1 Å². The lowest BCUT2D eigenvalue weighted by atomic mass is 9.95. The Morgan fingerprint density at radius 2 is 1.62 bits per heavy atom. The maximum atomic E-state index is 12.5. The van der Waals surface area contributed by atoms with Gasteiger partial charge in [0.1, 0.15) is 6.33 Å². The summed E-state index contributed by atoms with van der Waals surface area (Å²) in [6, 6.07) is 18.0. The minimum Gasteiger partial charge on any atom is -0.469 e. The number of carbonyl (C=O) groups excluding carboxylic acids is 1. The molecule has 1 fully saturated rings. The van der Waals surface area contributed by atoms with Crippen molar-refractivity contribution in [1.29, 1.82) is 0 Å². The summed E-state index contributed by atoms with van der Waals surface area (Å²) in [6.45, 7) is 8.44. The van der Waals surface area contributed by atoms with E-state index in [0.29, 0.717) is 0 Å². The van der Waals surface area contributed by atoms with Gasteiger partial charge in [-0.05, 0) is 56.6 Å². The molecule has 0 N–H and O–H groups in total. The van der Waals surface area contributed by atoms with Gasteiger partial charge in [-0.1, -0.05) is 30.3 Å². The molecule has 1 aliphatic rings. The van der Waals surface area contributed by atoms with Gasteiger partial charge in [0.05, 0.1) is 24.8 Å². The van der Waals surface area contributed by atoms with Gasteiger partial charge in [0.2, 0.25) is 0 Å². The molecule has 8 heteroatoms. The molecule has 1 saturated heterocycles. The molecule has 0 aliphatic carbocycles. The monoisotopic (exact) mass is 463 g/mol. The van der Waals surface area contributed by atoms with Crippen molar-refractivity contribution < 1.29 is 9.53 Å². The fourth-order valence-electron chi connectivity index (χ4n) is 4.46. The summed E-state index contributed by atoms with van der Waals surface area (Å²) in [7, 11) is 1.45. The van der Waals surface area contributed by atoms with Crippen LogP contribution in [0.3, 0.4) is 0 Å². The Hall–Kier alpha value is -3.39. The van der Waals surface area contributed by atoms with Crippen LogP contribution in [0.4, 0.5) is 5.69 Å². The molecule has 2 heterocycles. The molecule has 4 rings (SSSR count). The molecule has 3 aromatic rings. The molecule has 0 bridgehead atoms. The van der Waals surface area contributed by atoms with Crippen LogP contribution in [0.15, 0.2) is 65.7 Å². The first-order valence-electron chi connectivity index (χ1n) is 11.8. The predicted octanol–water partition coefficient (Wildman–Crippen LogP) is 3.08. The lowest BCUT2D eigenvalue weighted by Crippen LogP contribution is -2.47. The van der Waals surface area contributed by atoms with Crippen molar-refractivity contribution >= 4 is 11.7 Å². The molecule has 0 amide bonds. The largest absolute Gasteiger partial charge is 0.469 e. The van der Waals surface area contributed by atoms with Gasteiger partial charge in [0, 0.05) is 31.9 Å². The number of carbonyl (C=O) groups is 1. The number of hydrogen-bond acceptors (Lipinski definition) is 6. The van der Waals surface area contributed by atoms with Crippen LogP contribution in [-0.2, 0) is 9.53 Å². The van der Waals surface area contributed by atoms with Crippen molar-refractivity contribution in [2.24, 2.45) is 0 Å². The third kappa shape index (κ3) is 5.22. The molecule has 1 aliphatic heterocycles. The van der Waals surface area contributed by atoms with E-state index >= 15 is 0 Å².